The number of pyridine rings is 1. The number of phenols is 2. The van der Waals surface area contributed by atoms with Gasteiger partial charge in [-0.15, -0.1) is 0 Å². The van der Waals surface area contributed by atoms with Gasteiger partial charge >= 0.3 is 11.8 Å². The van der Waals surface area contributed by atoms with Gasteiger partial charge in [-0.1, -0.05) is 59.8 Å². The Kier molecular flexibility index (Phi) is 13.9. The number of aliphatic hydroxyl groups is 2. The Morgan fingerprint density at radius 2 is 1.72 bits per heavy atom. The number of likely N-dealkylation sites (tertiary alicyclic amines) is 1. The highest BCUT2D eigenvalue weighted by Crippen LogP contribution is 2.51. The lowest BCUT2D eigenvalue weighted by Gasteiger charge is -2.38. The molecule has 67 heavy (non-hydrogen) atoms. The maximum absolute atomic E-state index is 14.9. The summed E-state index contributed by atoms with van der Waals surface area (Å²) in [7, 11) is 1.43. The average molecular weight is 926 g/mol. The lowest BCUT2D eigenvalue weighted by Crippen LogP contribution is -2.47. The summed E-state index contributed by atoms with van der Waals surface area (Å²) in [6, 6.07) is 2.84. The first kappa shape index (κ1) is 49.0. The molecule has 17 heteroatoms. The molecule has 1 saturated heterocycles. The third-order valence-electron chi connectivity index (χ3n) is 13.9. The van der Waals surface area contributed by atoms with E-state index in [1.54, 1.807) is 46.8 Å². The van der Waals surface area contributed by atoms with E-state index in [1.807, 2.05) is 0 Å². The molecule has 5 bridgehead atoms. The zero-order valence-electron chi connectivity index (χ0n) is 39.8. The molecule has 3 aromatic rings. The Morgan fingerprint density at radius 1 is 1.01 bits per heavy atom. The highest BCUT2D eigenvalue weighted by Gasteiger charge is 2.51. The Bertz CT molecular complexity index is 2670. The molecule has 0 radical (unpaired) electrons. The van der Waals surface area contributed by atoms with Crippen LogP contribution in [0.2, 0.25) is 0 Å². The molecule has 17 nitrogen and oxygen atoms in total. The molecule has 0 unspecified atom stereocenters. The third-order valence-corrected chi connectivity index (χ3v) is 13.9. The number of aliphatic hydroxyl groups excluding tert-OH is 2. The maximum atomic E-state index is 14.9. The molecule has 0 saturated carbocycles. The number of allylic oxidation sites excluding steroid dienone is 2. The van der Waals surface area contributed by atoms with Gasteiger partial charge < -0.3 is 54.8 Å². The van der Waals surface area contributed by atoms with Crippen molar-refractivity contribution in [3.05, 3.63) is 93.3 Å². The van der Waals surface area contributed by atoms with E-state index in [9.17, 15) is 40.0 Å². The van der Waals surface area contributed by atoms with Crippen LogP contribution in [0.25, 0.3) is 10.8 Å². The number of esters is 1. The normalized spacial score (nSPS) is 30.7. The van der Waals surface area contributed by atoms with E-state index in [0.717, 1.165) is 12.7 Å². The number of carbonyl (C=O) groups is 3. The molecule has 0 aliphatic carbocycles. The Morgan fingerprint density at radius 3 is 2.37 bits per heavy atom. The fourth-order valence-electron chi connectivity index (χ4n) is 9.81. The molecule has 5 N–H and O–H groups in total. The monoisotopic (exact) mass is 925 g/mol. The third kappa shape index (κ3) is 9.26. The number of nitrogens with one attached hydrogen (secondary N) is 1. The molecule has 6 heterocycles. The predicted octanol–water partition coefficient (Wildman–Crippen LogP) is 4.68. The number of fused-ring (bicyclic) bond motifs is 13. The summed E-state index contributed by atoms with van der Waals surface area (Å²) in [5, 5.41) is 63.1. The molecule has 1 spiro atoms. The van der Waals surface area contributed by atoms with E-state index in [4.69, 9.17) is 23.9 Å². The molecular formula is C50H63N5O12. The van der Waals surface area contributed by atoms with Crippen LogP contribution >= 0.6 is 0 Å². The second kappa shape index (κ2) is 19.0. The Labute approximate surface area is 389 Å². The summed E-state index contributed by atoms with van der Waals surface area (Å²) in [5.41, 5.74) is -0.268. The van der Waals surface area contributed by atoms with Gasteiger partial charge in [-0.3, -0.25) is 14.6 Å². The summed E-state index contributed by atoms with van der Waals surface area (Å²) in [4.78, 5) is 54.3. The first-order chi connectivity index (χ1) is 31.6. The summed E-state index contributed by atoms with van der Waals surface area (Å²) in [6.07, 6.45) is 6.67. The highest BCUT2D eigenvalue weighted by molar-refractivity contribution is 6.21. The molecule has 2 aromatic carbocycles. The van der Waals surface area contributed by atoms with Crippen molar-refractivity contribution in [2.75, 3.05) is 32.1 Å². The number of ketones is 1. The molecular weight excluding hydrogens is 863 g/mol. The van der Waals surface area contributed by atoms with Crippen LogP contribution in [0.4, 0.5) is 5.69 Å². The summed E-state index contributed by atoms with van der Waals surface area (Å²) in [6.45, 7) is 18.0. The quantitative estimate of drug-likeness (QED) is 0.101. The topological polar surface area (TPSA) is 236 Å². The number of benzene rings is 2. The number of Topliss-reactive ketones (excluding diaryl/α,β-unsaturated/α-hetero) is 1. The second-order valence-electron chi connectivity index (χ2n) is 19.2. The smallest absolute Gasteiger partial charge is 0.344 e. The number of anilines is 1. The van der Waals surface area contributed by atoms with Gasteiger partial charge in [0.05, 0.1) is 41.2 Å². The van der Waals surface area contributed by atoms with E-state index >= 15 is 0 Å². The van der Waals surface area contributed by atoms with Gasteiger partial charge in [-0.2, -0.15) is 4.73 Å². The minimum Gasteiger partial charge on any atom is -0.619 e. The number of rotatable bonds is 5. The van der Waals surface area contributed by atoms with Crippen LogP contribution in [0.1, 0.15) is 94.5 Å². The number of aromatic nitrogens is 1. The highest BCUT2D eigenvalue weighted by atomic mass is 16.7. The van der Waals surface area contributed by atoms with Crippen molar-refractivity contribution in [1.29, 1.82) is 0 Å². The standard InChI is InChI=1S/C50H63N5O12/c1-25(2)23-54-20-17-50(18-21-54)52-37-34-35-42(58)31(8)45-36(34)46(60)49(9,67-45)65-22-16-33(64-10)28(5)44(66-48(62)32-15-12-19-55(63)24-32)30(7)41(57)29(6)40(56)26(3)13-11-14-27(4)47(61)51-39(43(35)59)38(37)53-50/h11-16,19,22,24-26,28-30,33,40-41,44,52,56-59H,17-18,20-21,23H2,1-10H3/b13-11+,22-16+,27-14-,51-39?/t26-,28+,29+,30+,33-,40-,41+,44+,49-/m0/s1. The fourth-order valence-corrected chi connectivity index (χ4v) is 9.81. The van der Waals surface area contributed by atoms with Crippen molar-refractivity contribution in [3.8, 4) is 17.2 Å². The van der Waals surface area contributed by atoms with Crippen molar-refractivity contribution >= 4 is 34.1 Å². The van der Waals surface area contributed by atoms with E-state index in [-0.39, 0.29) is 49.5 Å². The van der Waals surface area contributed by atoms with Crippen molar-refractivity contribution < 1.29 is 58.5 Å². The average Bonchev–Trinajstić information content (AvgIpc) is 3.79. The number of amides is 1. The lowest BCUT2D eigenvalue weighted by molar-refractivity contribution is -0.605. The lowest BCUT2D eigenvalue weighted by atomic mass is 9.78. The van der Waals surface area contributed by atoms with Gasteiger partial charge in [0.2, 0.25) is 0 Å². The van der Waals surface area contributed by atoms with Crippen LogP contribution in [0.3, 0.4) is 0 Å². The van der Waals surface area contributed by atoms with Crippen molar-refractivity contribution in [3.63, 3.8) is 0 Å². The van der Waals surface area contributed by atoms with Crippen LogP contribution in [-0.2, 0) is 19.0 Å². The Balaban J connectivity index is 1.37. The number of aromatic hydroxyl groups is 2. The van der Waals surface area contributed by atoms with Gasteiger partial charge in [-0.25, -0.2) is 9.79 Å². The van der Waals surface area contributed by atoms with Gasteiger partial charge in [0, 0.05) is 92.8 Å². The number of piperidine rings is 1. The van der Waals surface area contributed by atoms with Gasteiger partial charge in [0.25, 0.3) is 11.7 Å². The van der Waals surface area contributed by atoms with Crippen LogP contribution < -0.4 is 25.5 Å². The number of methoxy groups -OCH3 is 1. The van der Waals surface area contributed by atoms with Crippen LogP contribution in [0, 0.1) is 41.7 Å². The van der Waals surface area contributed by atoms with Crippen molar-refractivity contribution in [2.45, 2.75) is 111 Å². The van der Waals surface area contributed by atoms with Gasteiger partial charge in [0.1, 0.15) is 39.5 Å². The summed E-state index contributed by atoms with van der Waals surface area (Å²) in [5.74, 6) is -7.49. The van der Waals surface area contributed by atoms with E-state index in [1.165, 1.54) is 57.7 Å². The zero-order chi connectivity index (χ0) is 48.9. The van der Waals surface area contributed by atoms with E-state index in [2.05, 4.69) is 29.1 Å². The molecule has 1 aromatic heterocycles. The molecule has 360 valence electrons. The second-order valence-corrected chi connectivity index (χ2v) is 19.2. The first-order valence-electron chi connectivity index (χ1n) is 22.9. The van der Waals surface area contributed by atoms with Crippen LogP contribution in [-0.4, -0.2) is 106 Å². The van der Waals surface area contributed by atoms with Gasteiger partial charge in [0.15, 0.2) is 18.1 Å². The van der Waals surface area contributed by atoms with E-state index < -0.39 is 88.7 Å². The van der Waals surface area contributed by atoms with Crippen LogP contribution in [0.15, 0.2) is 70.7 Å². The minimum atomic E-state index is -2.01. The molecule has 1 fully saturated rings. The largest absolute Gasteiger partial charge is 0.619 e. The number of hydrogen-bond donors (Lipinski definition) is 5. The van der Waals surface area contributed by atoms with Crippen molar-refractivity contribution in [1.82, 2.24) is 4.90 Å². The van der Waals surface area contributed by atoms with Crippen LogP contribution in [0.5, 0.6) is 17.2 Å². The number of nitrogens with zero attached hydrogens (tertiary/aromatic N) is 4. The summed E-state index contributed by atoms with van der Waals surface area (Å²) >= 11 is 0. The summed E-state index contributed by atoms with van der Waals surface area (Å²) < 4.78 is 24.9. The molecule has 1 amide bonds. The number of phenolic OH excluding ortho intramolecular Hbond substituents is 2. The fraction of sp³-hybridized carbons (Fsp3) is 0.520. The Hall–Kier alpha value is -5.88. The number of hydrogen-bond acceptors (Lipinski definition) is 15. The molecule has 5 aliphatic heterocycles. The van der Waals surface area contributed by atoms with Crippen molar-refractivity contribution in [2.24, 2.45) is 39.6 Å². The first-order valence-corrected chi connectivity index (χ1v) is 22.9. The maximum Gasteiger partial charge on any atom is 0.344 e. The molecule has 5 aliphatic rings. The van der Waals surface area contributed by atoms with E-state index in [0.29, 0.717) is 42.3 Å². The number of ether oxygens (including phenoxy) is 4. The molecule has 9 atom stereocenters. The minimum absolute atomic E-state index is 0.0233. The van der Waals surface area contributed by atoms with Gasteiger partial charge in [-0.05, 0) is 31.9 Å². The molecule has 8 rings (SSSR count). The zero-order valence-corrected chi connectivity index (χ0v) is 39.8. The number of carbonyl (C=O) groups excluding carboxylic acids is 3. The predicted molar refractivity (Wildman–Crippen MR) is 247 cm³/mol. The SMILES string of the molecule is CO[C@H]1/C=C/O[C@@]2(C)Oc3c(C)c(O)c4c(O)c(c5c(c4c3C2=O)NC2(CCN(CC(C)C)CC2)N=5)=NC(=O)/C(C)=C\C=C\[C@H](C)[C@H](O)[C@@H](C)[C@@H](O)[C@@H](C)[C@H](OC(=O)c2ccc[n+]([O-])c2)[C@@H]1C.